The summed E-state index contributed by atoms with van der Waals surface area (Å²) in [5.41, 5.74) is 7.82. The average molecular weight is 242 g/mol. The highest BCUT2D eigenvalue weighted by Gasteiger charge is 2.13. The van der Waals surface area contributed by atoms with Gasteiger partial charge in [0.2, 0.25) is 0 Å². The Hall–Kier alpha value is -2.20. The van der Waals surface area contributed by atoms with E-state index >= 15 is 0 Å². The van der Waals surface area contributed by atoms with Crippen LogP contribution in [-0.4, -0.2) is 13.1 Å². The van der Waals surface area contributed by atoms with Gasteiger partial charge in [-0.15, -0.1) is 0 Å². The molecule has 0 radical (unpaired) electrons. The molecule has 0 bridgehead atoms. The smallest absolute Gasteiger partial charge is 0.101 e. The van der Waals surface area contributed by atoms with Crippen LogP contribution in [0.3, 0.4) is 0 Å². The number of nitrogens with zero attached hydrogens (tertiary/aromatic N) is 3. The molecule has 0 unspecified atom stereocenters. The number of anilines is 2. The molecule has 18 heavy (non-hydrogen) atoms. The van der Waals surface area contributed by atoms with Crippen LogP contribution in [0, 0.1) is 28.6 Å². The fraction of sp³-hybridized carbons (Fsp3) is 0.429. The number of rotatable bonds is 5. The maximum Gasteiger partial charge on any atom is 0.101 e. The summed E-state index contributed by atoms with van der Waals surface area (Å²) in [5, 5.41) is 17.7. The van der Waals surface area contributed by atoms with E-state index in [1.54, 1.807) is 6.07 Å². The topological polar surface area (TPSA) is 76.8 Å². The molecule has 4 nitrogen and oxygen atoms in total. The summed E-state index contributed by atoms with van der Waals surface area (Å²) in [6.07, 6.45) is 0.447. The van der Waals surface area contributed by atoms with Crippen molar-refractivity contribution < 1.29 is 0 Å². The first-order valence-electron chi connectivity index (χ1n) is 6.00. The van der Waals surface area contributed by atoms with Gasteiger partial charge in [-0.05, 0) is 18.1 Å². The maximum atomic E-state index is 8.98. The minimum Gasteiger partial charge on any atom is -0.396 e. The molecule has 1 aromatic carbocycles. The molecule has 0 aliphatic carbocycles. The molecular weight excluding hydrogens is 224 g/mol. The van der Waals surface area contributed by atoms with Crippen LogP contribution >= 0.6 is 0 Å². The fourth-order valence-corrected chi connectivity index (χ4v) is 1.86. The lowest BCUT2D eigenvalue weighted by Gasteiger charge is -2.27. The molecule has 1 aromatic rings. The van der Waals surface area contributed by atoms with Crippen molar-refractivity contribution in [2.75, 3.05) is 23.7 Å². The van der Waals surface area contributed by atoms with Crippen molar-refractivity contribution >= 4 is 11.4 Å². The zero-order valence-corrected chi connectivity index (χ0v) is 10.8. The minimum atomic E-state index is 0.447. The Kier molecular flexibility index (Phi) is 5.02. The largest absolute Gasteiger partial charge is 0.396 e. The van der Waals surface area contributed by atoms with Gasteiger partial charge < -0.3 is 10.6 Å². The summed E-state index contributed by atoms with van der Waals surface area (Å²) < 4.78 is 0. The van der Waals surface area contributed by atoms with E-state index in [0.29, 0.717) is 30.1 Å². The summed E-state index contributed by atoms with van der Waals surface area (Å²) in [6.45, 7) is 5.68. The van der Waals surface area contributed by atoms with Crippen molar-refractivity contribution in [2.45, 2.75) is 20.3 Å². The van der Waals surface area contributed by atoms with E-state index in [0.717, 1.165) is 12.2 Å². The van der Waals surface area contributed by atoms with Crippen LogP contribution in [0.25, 0.3) is 0 Å². The van der Waals surface area contributed by atoms with Crippen LogP contribution in [0.5, 0.6) is 0 Å². The SMILES string of the molecule is CC(C)CN(CCC#N)c1cccc(C#N)c1N. The van der Waals surface area contributed by atoms with Gasteiger partial charge in [0.25, 0.3) is 0 Å². The Labute approximate surface area is 108 Å². The lowest BCUT2D eigenvalue weighted by molar-refractivity contribution is 0.612. The average Bonchev–Trinajstić information content (AvgIpc) is 2.34. The molecule has 94 valence electrons. The lowest BCUT2D eigenvalue weighted by atomic mass is 10.1. The molecule has 1 rings (SSSR count). The standard InChI is InChI=1S/C14H18N4/c1-11(2)10-18(8-4-7-15)13-6-3-5-12(9-16)14(13)17/h3,5-6,11H,4,8,10,17H2,1-2H3. The molecule has 0 aromatic heterocycles. The highest BCUT2D eigenvalue weighted by atomic mass is 15.1. The molecule has 0 fully saturated rings. The third-order valence-corrected chi connectivity index (χ3v) is 2.62. The third kappa shape index (κ3) is 3.40. The van der Waals surface area contributed by atoms with Crippen molar-refractivity contribution in [1.29, 1.82) is 10.5 Å². The van der Waals surface area contributed by atoms with E-state index in [4.69, 9.17) is 16.3 Å². The predicted octanol–water partition coefficient (Wildman–Crippen LogP) is 2.52. The molecule has 0 spiro atoms. The summed E-state index contributed by atoms with van der Waals surface area (Å²) in [6, 6.07) is 9.65. The van der Waals surface area contributed by atoms with Gasteiger partial charge in [0, 0.05) is 13.1 Å². The van der Waals surface area contributed by atoms with Gasteiger partial charge in [-0.3, -0.25) is 0 Å². The van der Waals surface area contributed by atoms with Gasteiger partial charge in [0.1, 0.15) is 6.07 Å². The van der Waals surface area contributed by atoms with Crippen LogP contribution in [0.2, 0.25) is 0 Å². The molecule has 0 heterocycles. The number of para-hydroxylation sites is 1. The molecule has 0 saturated carbocycles. The van der Waals surface area contributed by atoms with Crippen molar-refractivity contribution in [3.05, 3.63) is 23.8 Å². The first kappa shape index (κ1) is 13.9. The zero-order chi connectivity index (χ0) is 13.5. The van der Waals surface area contributed by atoms with E-state index in [1.165, 1.54) is 0 Å². The normalized spacial score (nSPS) is 9.83. The lowest BCUT2D eigenvalue weighted by Crippen LogP contribution is -2.29. The molecular formula is C14H18N4. The van der Waals surface area contributed by atoms with Gasteiger partial charge in [0.05, 0.1) is 29.4 Å². The summed E-state index contributed by atoms with van der Waals surface area (Å²) in [5.74, 6) is 0.467. The first-order chi connectivity index (χ1) is 8.60. The Morgan fingerprint density at radius 2 is 2.06 bits per heavy atom. The number of hydrogen-bond donors (Lipinski definition) is 1. The Morgan fingerprint density at radius 1 is 1.33 bits per heavy atom. The minimum absolute atomic E-state index is 0.447. The number of benzene rings is 1. The Balaban J connectivity index is 3.05. The zero-order valence-electron chi connectivity index (χ0n) is 10.8. The highest BCUT2D eigenvalue weighted by molar-refractivity contribution is 5.74. The Morgan fingerprint density at radius 3 is 2.61 bits per heavy atom. The molecule has 0 saturated heterocycles. The first-order valence-corrected chi connectivity index (χ1v) is 6.00. The number of nitrogens with two attached hydrogens (primary N) is 1. The number of nitriles is 2. The van der Waals surface area contributed by atoms with E-state index in [2.05, 4.69) is 30.9 Å². The number of hydrogen-bond acceptors (Lipinski definition) is 4. The third-order valence-electron chi connectivity index (χ3n) is 2.62. The predicted molar refractivity (Wildman–Crippen MR) is 72.9 cm³/mol. The second-order valence-corrected chi connectivity index (χ2v) is 4.60. The summed E-state index contributed by atoms with van der Waals surface area (Å²) in [7, 11) is 0. The van der Waals surface area contributed by atoms with Crippen molar-refractivity contribution in [2.24, 2.45) is 5.92 Å². The van der Waals surface area contributed by atoms with Crippen LogP contribution < -0.4 is 10.6 Å². The van der Waals surface area contributed by atoms with Crippen molar-refractivity contribution in [3.63, 3.8) is 0 Å². The van der Waals surface area contributed by atoms with Gasteiger partial charge >= 0.3 is 0 Å². The van der Waals surface area contributed by atoms with E-state index in [9.17, 15) is 0 Å². The van der Waals surface area contributed by atoms with Gasteiger partial charge in [-0.2, -0.15) is 10.5 Å². The van der Waals surface area contributed by atoms with E-state index < -0.39 is 0 Å². The molecule has 0 atom stereocenters. The second kappa shape index (κ2) is 6.51. The van der Waals surface area contributed by atoms with Crippen LogP contribution in [0.4, 0.5) is 11.4 Å². The van der Waals surface area contributed by atoms with E-state index in [1.807, 2.05) is 12.1 Å². The molecule has 2 N–H and O–H groups in total. The van der Waals surface area contributed by atoms with E-state index in [-0.39, 0.29) is 0 Å². The second-order valence-electron chi connectivity index (χ2n) is 4.60. The van der Waals surface area contributed by atoms with Gasteiger partial charge in [0.15, 0.2) is 0 Å². The van der Waals surface area contributed by atoms with Crippen molar-refractivity contribution in [3.8, 4) is 12.1 Å². The van der Waals surface area contributed by atoms with Crippen LogP contribution in [-0.2, 0) is 0 Å². The molecule has 0 aliphatic heterocycles. The van der Waals surface area contributed by atoms with Crippen LogP contribution in [0.1, 0.15) is 25.8 Å². The molecule has 0 aliphatic rings. The van der Waals surface area contributed by atoms with Crippen LogP contribution in [0.15, 0.2) is 18.2 Å². The number of nitrogen functional groups attached to an aromatic ring is 1. The maximum absolute atomic E-state index is 8.98. The monoisotopic (exact) mass is 242 g/mol. The van der Waals surface area contributed by atoms with Gasteiger partial charge in [-0.25, -0.2) is 0 Å². The molecule has 0 amide bonds. The summed E-state index contributed by atoms with van der Waals surface area (Å²) >= 11 is 0. The van der Waals surface area contributed by atoms with Gasteiger partial charge in [-0.1, -0.05) is 19.9 Å². The molecule has 4 heteroatoms. The quantitative estimate of drug-likeness (QED) is 0.805. The Bertz CT molecular complexity index is 480. The van der Waals surface area contributed by atoms with Crippen molar-refractivity contribution in [1.82, 2.24) is 0 Å². The fourth-order valence-electron chi connectivity index (χ4n) is 1.86. The summed E-state index contributed by atoms with van der Waals surface area (Å²) in [4.78, 5) is 2.07. The highest BCUT2D eigenvalue weighted by Crippen LogP contribution is 2.27.